The lowest BCUT2D eigenvalue weighted by atomic mass is 9.80. The third kappa shape index (κ3) is 2.95. The molecule has 1 aromatic rings. The maximum Gasteiger partial charge on any atom is 0.0564 e. The van der Waals surface area contributed by atoms with E-state index in [-0.39, 0.29) is 0 Å². The second-order valence-electron chi connectivity index (χ2n) is 6.55. The topological polar surface area (TPSA) is 29.3 Å². The van der Waals surface area contributed by atoms with E-state index in [1.165, 1.54) is 29.3 Å². The summed E-state index contributed by atoms with van der Waals surface area (Å²) in [4.78, 5) is 5.40. The zero-order chi connectivity index (χ0) is 13.3. The number of aryl methyl sites for hydroxylation is 1. The molecule has 0 bridgehead atoms. The molecule has 2 N–H and O–H groups in total. The number of rotatable bonds is 3. The Morgan fingerprint density at radius 2 is 2.17 bits per heavy atom. The zero-order valence-corrected chi connectivity index (χ0v) is 12.9. The average molecular weight is 266 g/mol. The van der Waals surface area contributed by atoms with Gasteiger partial charge in [0.25, 0.3) is 0 Å². The van der Waals surface area contributed by atoms with Gasteiger partial charge in [-0.25, -0.2) is 0 Å². The van der Waals surface area contributed by atoms with Crippen LogP contribution in [0.4, 0.5) is 0 Å². The summed E-state index contributed by atoms with van der Waals surface area (Å²) >= 11 is 1.89. The van der Waals surface area contributed by atoms with E-state index in [1.807, 2.05) is 11.3 Å². The van der Waals surface area contributed by atoms with Gasteiger partial charge in [0, 0.05) is 22.8 Å². The molecule has 2 atom stereocenters. The zero-order valence-electron chi connectivity index (χ0n) is 12.1. The number of thiophene rings is 1. The van der Waals surface area contributed by atoms with Gasteiger partial charge in [-0.05, 0) is 43.4 Å². The smallest absolute Gasteiger partial charge is 0.0564 e. The molecule has 2 rings (SSSR count). The molecular formula is C15H26N2S. The van der Waals surface area contributed by atoms with Gasteiger partial charge in [-0.2, -0.15) is 0 Å². The molecule has 1 fully saturated rings. The molecule has 0 spiro atoms. The Labute approximate surface area is 115 Å². The SMILES string of the molecule is Cc1ccc(C(CN)N2CCC(C(C)(C)C)C2)s1. The highest BCUT2D eigenvalue weighted by Gasteiger charge is 2.35. The van der Waals surface area contributed by atoms with Gasteiger partial charge in [-0.15, -0.1) is 11.3 Å². The van der Waals surface area contributed by atoms with Gasteiger partial charge in [0.1, 0.15) is 0 Å². The van der Waals surface area contributed by atoms with E-state index < -0.39 is 0 Å². The molecule has 2 heterocycles. The van der Waals surface area contributed by atoms with Crippen molar-refractivity contribution in [2.45, 2.75) is 40.2 Å². The van der Waals surface area contributed by atoms with E-state index in [0.29, 0.717) is 11.5 Å². The average Bonchev–Trinajstić information content (AvgIpc) is 2.88. The summed E-state index contributed by atoms with van der Waals surface area (Å²) in [5.41, 5.74) is 6.43. The second-order valence-corrected chi connectivity index (χ2v) is 7.87. The third-order valence-corrected chi connectivity index (χ3v) is 5.30. The minimum atomic E-state index is 0.416. The highest BCUT2D eigenvalue weighted by molar-refractivity contribution is 7.12. The maximum absolute atomic E-state index is 6.01. The molecule has 1 aliphatic rings. The van der Waals surface area contributed by atoms with Gasteiger partial charge in [0.15, 0.2) is 0 Å². The summed E-state index contributed by atoms with van der Waals surface area (Å²) in [7, 11) is 0. The van der Waals surface area contributed by atoms with Gasteiger partial charge in [-0.3, -0.25) is 4.90 Å². The normalized spacial score (nSPS) is 23.5. The molecule has 2 unspecified atom stereocenters. The Hall–Kier alpha value is -0.380. The summed E-state index contributed by atoms with van der Waals surface area (Å²) in [6.45, 7) is 12.4. The van der Waals surface area contributed by atoms with Crippen LogP contribution in [0.15, 0.2) is 12.1 Å². The Balaban J connectivity index is 2.07. The predicted molar refractivity (Wildman–Crippen MR) is 80.0 cm³/mol. The number of hydrogen-bond donors (Lipinski definition) is 1. The fraction of sp³-hybridized carbons (Fsp3) is 0.733. The minimum Gasteiger partial charge on any atom is -0.329 e. The Kier molecular flexibility index (Phi) is 4.15. The Morgan fingerprint density at radius 3 is 2.61 bits per heavy atom. The van der Waals surface area contributed by atoms with Crippen molar-refractivity contribution in [3.05, 3.63) is 21.9 Å². The summed E-state index contributed by atoms with van der Waals surface area (Å²) in [5, 5.41) is 0. The summed E-state index contributed by atoms with van der Waals surface area (Å²) in [5.74, 6) is 0.799. The van der Waals surface area contributed by atoms with Crippen molar-refractivity contribution in [2.75, 3.05) is 19.6 Å². The molecule has 1 aromatic heterocycles. The lowest BCUT2D eigenvalue weighted by molar-refractivity contribution is 0.199. The number of nitrogens with zero attached hydrogens (tertiary/aromatic N) is 1. The number of nitrogens with two attached hydrogens (primary N) is 1. The van der Waals surface area contributed by atoms with Crippen LogP contribution >= 0.6 is 11.3 Å². The fourth-order valence-electron chi connectivity index (χ4n) is 2.85. The lowest BCUT2D eigenvalue weighted by Crippen LogP contribution is -2.33. The molecule has 0 radical (unpaired) electrons. The van der Waals surface area contributed by atoms with E-state index in [1.54, 1.807) is 0 Å². The number of likely N-dealkylation sites (tertiary alicyclic amines) is 1. The van der Waals surface area contributed by atoms with E-state index in [0.717, 1.165) is 12.5 Å². The minimum absolute atomic E-state index is 0.416. The molecule has 0 amide bonds. The highest BCUT2D eigenvalue weighted by Crippen LogP contribution is 2.37. The quantitative estimate of drug-likeness (QED) is 0.908. The van der Waals surface area contributed by atoms with Gasteiger partial charge in [-0.1, -0.05) is 20.8 Å². The standard InChI is InChI=1S/C15H26N2S/c1-11-5-6-14(18-11)13(9-16)17-8-7-12(10-17)15(2,3)4/h5-6,12-13H,7-10,16H2,1-4H3. The van der Waals surface area contributed by atoms with Crippen LogP contribution in [-0.2, 0) is 0 Å². The molecule has 0 saturated carbocycles. The van der Waals surface area contributed by atoms with Crippen molar-refractivity contribution in [1.29, 1.82) is 0 Å². The first-order chi connectivity index (χ1) is 8.41. The molecule has 102 valence electrons. The highest BCUT2D eigenvalue weighted by atomic mass is 32.1. The fourth-order valence-corrected chi connectivity index (χ4v) is 3.88. The van der Waals surface area contributed by atoms with Crippen LogP contribution in [0.1, 0.15) is 43.0 Å². The summed E-state index contributed by atoms with van der Waals surface area (Å²) < 4.78 is 0. The lowest BCUT2D eigenvalue weighted by Gasteiger charge is -2.30. The van der Waals surface area contributed by atoms with Gasteiger partial charge in [0.2, 0.25) is 0 Å². The molecule has 18 heavy (non-hydrogen) atoms. The molecule has 2 nitrogen and oxygen atoms in total. The van der Waals surface area contributed by atoms with Crippen LogP contribution in [0.25, 0.3) is 0 Å². The third-order valence-electron chi connectivity index (χ3n) is 4.20. The Bertz CT molecular complexity index is 391. The largest absolute Gasteiger partial charge is 0.329 e. The monoisotopic (exact) mass is 266 g/mol. The van der Waals surface area contributed by atoms with Crippen molar-refractivity contribution < 1.29 is 0 Å². The second kappa shape index (κ2) is 5.32. The molecule has 1 saturated heterocycles. The van der Waals surface area contributed by atoms with Gasteiger partial charge < -0.3 is 5.73 Å². The summed E-state index contributed by atoms with van der Waals surface area (Å²) in [6, 6.07) is 4.89. The van der Waals surface area contributed by atoms with Crippen molar-refractivity contribution in [3.8, 4) is 0 Å². The van der Waals surface area contributed by atoms with Crippen LogP contribution in [0, 0.1) is 18.3 Å². The molecule has 0 aliphatic carbocycles. The molecular weight excluding hydrogens is 240 g/mol. The Morgan fingerprint density at radius 1 is 1.44 bits per heavy atom. The molecule has 3 heteroatoms. The van der Waals surface area contributed by atoms with E-state index in [2.05, 4.69) is 44.7 Å². The first kappa shape index (κ1) is 14.0. The van der Waals surface area contributed by atoms with E-state index >= 15 is 0 Å². The van der Waals surface area contributed by atoms with Crippen molar-refractivity contribution in [2.24, 2.45) is 17.1 Å². The van der Waals surface area contributed by atoms with Crippen LogP contribution in [0.2, 0.25) is 0 Å². The summed E-state index contributed by atoms with van der Waals surface area (Å²) in [6.07, 6.45) is 1.31. The first-order valence-corrected chi connectivity index (χ1v) is 7.74. The van der Waals surface area contributed by atoms with Crippen LogP contribution < -0.4 is 5.73 Å². The van der Waals surface area contributed by atoms with Crippen molar-refractivity contribution in [1.82, 2.24) is 4.90 Å². The maximum atomic E-state index is 6.01. The predicted octanol–water partition coefficient (Wildman–Crippen LogP) is 3.42. The van der Waals surface area contributed by atoms with Crippen LogP contribution in [0.3, 0.4) is 0 Å². The first-order valence-electron chi connectivity index (χ1n) is 6.92. The number of hydrogen-bond acceptors (Lipinski definition) is 3. The van der Waals surface area contributed by atoms with Crippen molar-refractivity contribution in [3.63, 3.8) is 0 Å². The molecule has 0 aromatic carbocycles. The van der Waals surface area contributed by atoms with Crippen LogP contribution in [-0.4, -0.2) is 24.5 Å². The van der Waals surface area contributed by atoms with E-state index in [9.17, 15) is 0 Å². The molecule has 1 aliphatic heterocycles. The van der Waals surface area contributed by atoms with Gasteiger partial charge >= 0.3 is 0 Å². The van der Waals surface area contributed by atoms with E-state index in [4.69, 9.17) is 5.73 Å². The van der Waals surface area contributed by atoms with Crippen molar-refractivity contribution >= 4 is 11.3 Å². The van der Waals surface area contributed by atoms with Crippen LogP contribution in [0.5, 0.6) is 0 Å². The van der Waals surface area contributed by atoms with Gasteiger partial charge in [0.05, 0.1) is 6.04 Å².